The molecule has 1 aromatic heterocycles. The summed E-state index contributed by atoms with van der Waals surface area (Å²) in [5, 5.41) is 12.9. The minimum Gasteiger partial charge on any atom is -0.487 e. The standard InChI is InChI=1S/C24H26N2O5/c1-3-4-10-21(24(27)28)26-30-15-18-11-13-20(14-12-18)29-16-22-17(2)31-23(25-22)19-8-6-5-7-9-19/h5-9,11-14H,3-4,10,15-16H2,1-2H3,(H,27,28). The molecule has 7 nitrogen and oxygen atoms in total. The molecule has 1 heterocycles. The number of hydrogen-bond acceptors (Lipinski definition) is 6. The van der Waals surface area contributed by atoms with Crippen LogP contribution in [0.2, 0.25) is 0 Å². The summed E-state index contributed by atoms with van der Waals surface area (Å²) in [7, 11) is 0. The van der Waals surface area contributed by atoms with Gasteiger partial charge in [-0.3, -0.25) is 0 Å². The summed E-state index contributed by atoms with van der Waals surface area (Å²) in [5.74, 6) is 0.935. The third kappa shape index (κ3) is 6.44. The Hall–Kier alpha value is -3.61. The van der Waals surface area contributed by atoms with E-state index in [1.807, 2.05) is 68.4 Å². The van der Waals surface area contributed by atoms with Crippen molar-refractivity contribution in [3.8, 4) is 17.2 Å². The molecule has 2 aromatic carbocycles. The normalized spacial score (nSPS) is 11.4. The molecule has 7 heteroatoms. The molecular weight excluding hydrogens is 396 g/mol. The zero-order valence-corrected chi connectivity index (χ0v) is 17.7. The van der Waals surface area contributed by atoms with Crippen molar-refractivity contribution in [2.75, 3.05) is 0 Å². The van der Waals surface area contributed by atoms with Gasteiger partial charge in [0.1, 0.15) is 30.4 Å². The monoisotopic (exact) mass is 422 g/mol. The number of carboxylic acid groups (broad SMARTS) is 1. The number of carbonyl (C=O) groups is 1. The molecule has 1 N–H and O–H groups in total. The summed E-state index contributed by atoms with van der Waals surface area (Å²) >= 11 is 0. The maximum Gasteiger partial charge on any atom is 0.353 e. The van der Waals surface area contributed by atoms with Gasteiger partial charge in [-0.1, -0.05) is 48.8 Å². The van der Waals surface area contributed by atoms with Crippen LogP contribution in [-0.2, 0) is 22.8 Å². The second-order valence-electron chi connectivity index (χ2n) is 7.04. The number of hydrogen-bond donors (Lipinski definition) is 1. The van der Waals surface area contributed by atoms with E-state index in [0.29, 0.717) is 24.7 Å². The van der Waals surface area contributed by atoms with Crippen molar-refractivity contribution in [2.45, 2.75) is 46.3 Å². The van der Waals surface area contributed by atoms with Gasteiger partial charge in [0, 0.05) is 12.0 Å². The third-order valence-corrected chi connectivity index (χ3v) is 4.63. The lowest BCUT2D eigenvalue weighted by Crippen LogP contribution is -2.13. The van der Waals surface area contributed by atoms with Crippen LogP contribution in [0.3, 0.4) is 0 Å². The molecule has 0 aliphatic carbocycles. The molecule has 0 saturated heterocycles. The maximum atomic E-state index is 11.1. The van der Waals surface area contributed by atoms with E-state index in [-0.39, 0.29) is 12.3 Å². The number of unbranched alkanes of at least 4 members (excludes halogenated alkanes) is 1. The van der Waals surface area contributed by atoms with Gasteiger partial charge in [-0.2, -0.15) is 0 Å². The van der Waals surface area contributed by atoms with Gasteiger partial charge in [-0.05, 0) is 43.2 Å². The Morgan fingerprint density at radius 3 is 2.52 bits per heavy atom. The van der Waals surface area contributed by atoms with Crippen LogP contribution < -0.4 is 4.74 Å². The summed E-state index contributed by atoms with van der Waals surface area (Å²) in [5.41, 5.74) is 2.57. The average Bonchev–Trinajstić information content (AvgIpc) is 3.16. The number of oxime groups is 1. The SMILES string of the molecule is CCCCC(=NOCc1ccc(OCc2nc(-c3ccccc3)oc2C)cc1)C(=O)O. The molecular formula is C24H26N2O5. The van der Waals surface area contributed by atoms with Crippen molar-refractivity contribution < 1.29 is 23.9 Å². The first-order chi connectivity index (χ1) is 15.1. The predicted molar refractivity (Wildman–Crippen MR) is 117 cm³/mol. The molecule has 0 spiro atoms. The van der Waals surface area contributed by atoms with Crippen LogP contribution in [-0.4, -0.2) is 21.8 Å². The van der Waals surface area contributed by atoms with Crippen LogP contribution in [0, 0.1) is 6.92 Å². The van der Waals surface area contributed by atoms with Gasteiger partial charge in [-0.25, -0.2) is 9.78 Å². The highest BCUT2D eigenvalue weighted by atomic mass is 16.6. The Balaban J connectivity index is 1.53. The number of aliphatic carboxylic acids is 1. The van der Waals surface area contributed by atoms with Crippen LogP contribution >= 0.6 is 0 Å². The van der Waals surface area contributed by atoms with E-state index in [1.54, 1.807) is 0 Å². The molecule has 3 rings (SSSR count). The number of nitrogens with zero attached hydrogens (tertiary/aromatic N) is 2. The number of ether oxygens (including phenoxy) is 1. The van der Waals surface area contributed by atoms with Crippen LogP contribution in [0.5, 0.6) is 5.75 Å². The van der Waals surface area contributed by atoms with Crippen molar-refractivity contribution in [3.63, 3.8) is 0 Å². The molecule has 0 aliphatic heterocycles. The first-order valence-corrected chi connectivity index (χ1v) is 10.2. The minimum atomic E-state index is -1.05. The van der Waals surface area contributed by atoms with E-state index >= 15 is 0 Å². The molecule has 0 amide bonds. The van der Waals surface area contributed by atoms with E-state index in [4.69, 9.17) is 19.1 Å². The Bertz CT molecular complexity index is 1010. The summed E-state index contributed by atoms with van der Waals surface area (Å²) < 4.78 is 11.6. The molecule has 162 valence electrons. The van der Waals surface area contributed by atoms with Crippen LogP contribution in [0.25, 0.3) is 11.5 Å². The lowest BCUT2D eigenvalue weighted by molar-refractivity contribution is -0.129. The van der Waals surface area contributed by atoms with E-state index in [2.05, 4.69) is 10.1 Å². The molecule has 0 radical (unpaired) electrons. The van der Waals surface area contributed by atoms with E-state index in [9.17, 15) is 4.79 Å². The fourth-order valence-electron chi connectivity index (χ4n) is 2.82. The largest absolute Gasteiger partial charge is 0.487 e. The van der Waals surface area contributed by atoms with E-state index < -0.39 is 5.97 Å². The van der Waals surface area contributed by atoms with Gasteiger partial charge in [0.2, 0.25) is 5.89 Å². The van der Waals surface area contributed by atoms with Gasteiger partial charge in [0.25, 0.3) is 0 Å². The van der Waals surface area contributed by atoms with E-state index in [1.165, 1.54) is 0 Å². The zero-order chi connectivity index (χ0) is 22.1. The highest BCUT2D eigenvalue weighted by Gasteiger charge is 2.12. The van der Waals surface area contributed by atoms with Gasteiger partial charge in [0.15, 0.2) is 5.71 Å². The predicted octanol–water partition coefficient (Wildman–Crippen LogP) is 5.38. The lowest BCUT2D eigenvalue weighted by atomic mass is 10.2. The molecule has 0 atom stereocenters. The van der Waals surface area contributed by atoms with Crippen molar-refractivity contribution in [2.24, 2.45) is 5.16 Å². The molecule has 0 unspecified atom stereocenters. The number of benzene rings is 2. The topological polar surface area (TPSA) is 94.2 Å². The highest BCUT2D eigenvalue weighted by molar-refractivity contribution is 6.35. The third-order valence-electron chi connectivity index (χ3n) is 4.63. The zero-order valence-electron chi connectivity index (χ0n) is 17.7. The molecule has 0 bridgehead atoms. The Kier molecular flexibility index (Phi) is 7.81. The average molecular weight is 422 g/mol. The first-order valence-electron chi connectivity index (χ1n) is 10.2. The van der Waals surface area contributed by atoms with Crippen molar-refractivity contribution in [3.05, 3.63) is 71.6 Å². The highest BCUT2D eigenvalue weighted by Crippen LogP contribution is 2.22. The van der Waals surface area contributed by atoms with E-state index in [0.717, 1.165) is 35.4 Å². The fraction of sp³-hybridized carbons (Fsp3) is 0.292. The lowest BCUT2D eigenvalue weighted by Gasteiger charge is -2.06. The number of carboxylic acids is 1. The number of aromatic nitrogens is 1. The van der Waals surface area contributed by atoms with Crippen LogP contribution in [0.4, 0.5) is 0 Å². The second kappa shape index (κ2) is 11.0. The van der Waals surface area contributed by atoms with Gasteiger partial charge < -0.3 is 19.1 Å². The van der Waals surface area contributed by atoms with Gasteiger partial charge in [0.05, 0.1) is 0 Å². The summed E-state index contributed by atoms with van der Waals surface area (Å²) in [6.07, 6.45) is 2.06. The Labute approximate surface area is 181 Å². The summed E-state index contributed by atoms with van der Waals surface area (Å²) in [4.78, 5) is 20.9. The smallest absolute Gasteiger partial charge is 0.353 e. The maximum absolute atomic E-state index is 11.1. The molecule has 0 saturated carbocycles. The van der Waals surface area contributed by atoms with Crippen molar-refractivity contribution in [1.29, 1.82) is 0 Å². The van der Waals surface area contributed by atoms with Crippen molar-refractivity contribution >= 4 is 11.7 Å². The van der Waals surface area contributed by atoms with Crippen LogP contribution in [0.1, 0.15) is 43.2 Å². The molecule has 31 heavy (non-hydrogen) atoms. The van der Waals surface area contributed by atoms with Crippen LogP contribution in [0.15, 0.2) is 64.2 Å². The number of rotatable bonds is 11. The fourth-order valence-corrected chi connectivity index (χ4v) is 2.82. The Morgan fingerprint density at radius 1 is 1.10 bits per heavy atom. The molecule has 0 aliphatic rings. The summed E-state index contributed by atoms with van der Waals surface area (Å²) in [6.45, 7) is 4.34. The van der Waals surface area contributed by atoms with Gasteiger partial charge in [-0.15, -0.1) is 0 Å². The number of aryl methyl sites for hydroxylation is 1. The van der Waals surface area contributed by atoms with Crippen molar-refractivity contribution in [1.82, 2.24) is 4.98 Å². The number of oxazole rings is 1. The summed E-state index contributed by atoms with van der Waals surface area (Å²) in [6, 6.07) is 17.1. The quantitative estimate of drug-likeness (QED) is 0.329. The minimum absolute atomic E-state index is 0.0413. The second-order valence-corrected chi connectivity index (χ2v) is 7.04. The first kappa shape index (κ1) is 22.1. The van der Waals surface area contributed by atoms with Gasteiger partial charge >= 0.3 is 5.97 Å². The Morgan fingerprint density at radius 2 is 1.84 bits per heavy atom. The molecule has 0 fully saturated rings. The molecule has 3 aromatic rings.